The van der Waals surface area contributed by atoms with Gasteiger partial charge >= 0.3 is 0 Å². The molecule has 2 aromatic heterocycles. The lowest BCUT2D eigenvalue weighted by Crippen LogP contribution is -2.39. The van der Waals surface area contributed by atoms with E-state index in [0.29, 0.717) is 5.92 Å². The Kier molecular flexibility index (Phi) is 3.76. The van der Waals surface area contributed by atoms with E-state index in [1.165, 1.54) is 5.56 Å². The zero-order valence-electron chi connectivity index (χ0n) is 13.7. The number of carbonyl (C=O) groups excluding carboxylic acids is 1. The zero-order valence-corrected chi connectivity index (χ0v) is 13.7. The molecule has 0 unspecified atom stereocenters. The lowest BCUT2D eigenvalue weighted by atomic mass is 9.92. The summed E-state index contributed by atoms with van der Waals surface area (Å²) in [6.07, 6.45) is 5.71. The van der Waals surface area contributed by atoms with Crippen LogP contribution >= 0.6 is 0 Å². The molecule has 24 heavy (non-hydrogen) atoms. The van der Waals surface area contributed by atoms with Crippen molar-refractivity contribution in [2.45, 2.75) is 25.7 Å². The van der Waals surface area contributed by atoms with Gasteiger partial charge in [0, 0.05) is 41.8 Å². The summed E-state index contributed by atoms with van der Waals surface area (Å²) in [4.78, 5) is 19.4. The molecule has 1 N–H and O–H groups in total. The second-order valence-corrected chi connectivity index (χ2v) is 6.43. The second-order valence-electron chi connectivity index (χ2n) is 6.43. The summed E-state index contributed by atoms with van der Waals surface area (Å²) in [6, 6.07) is 9.60. The SMILES string of the molecule is Cc1cn[nH]c1[C@H]1CCCN(C(=O)c2cccc3ncccc23)C1. The van der Waals surface area contributed by atoms with Crippen LogP contribution in [0.1, 0.15) is 40.4 Å². The molecule has 0 saturated carbocycles. The van der Waals surface area contributed by atoms with E-state index >= 15 is 0 Å². The van der Waals surface area contributed by atoms with E-state index in [4.69, 9.17) is 0 Å². The van der Waals surface area contributed by atoms with Gasteiger partial charge in [-0.05, 0) is 43.5 Å². The number of nitrogens with zero attached hydrogens (tertiary/aromatic N) is 3. The molecule has 1 aliphatic heterocycles. The molecule has 0 radical (unpaired) electrons. The smallest absolute Gasteiger partial charge is 0.254 e. The molecule has 1 atom stereocenters. The van der Waals surface area contributed by atoms with Gasteiger partial charge in [0.1, 0.15) is 0 Å². The number of rotatable bonds is 2. The van der Waals surface area contributed by atoms with Crippen LogP contribution in [-0.2, 0) is 0 Å². The van der Waals surface area contributed by atoms with Crippen LogP contribution in [0.5, 0.6) is 0 Å². The predicted octanol–water partition coefficient (Wildman–Crippen LogP) is 3.29. The minimum absolute atomic E-state index is 0.0930. The Bertz CT molecular complexity index is 880. The summed E-state index contributed by atoms with van der Waals surface area (Å²) in [7, 11) is 0. The number of amides is 1. The van der Waals surface area contributed by atoms with E-state index in [1.54, 1.807) is 6.20 Å². The molecule has 1 aliphatic rings. The number of nitrogens with one attached hydrogen (secondary N) is 1. The number of hydrogen-bond donors (Lipinski definition) is 1. The average molecular weight is 320 g/mol. The number of aryl methyl sites for hydroxylation is 1. The van der Waals surface area contributed by atoms with Gasteiger partial charge in [-0.25, -0.2) is 0 Å². The molecule has 1 saturated heterocycles. The van der Waals surface area contributed by atoms with Crippen LogP contribution in [0.3, 0.4) is 0 Å². The number of carbonyl (C=O) groups is 1. The number of likely N-dealkylation sites (tertiary alicyclic amines) is 1. The fraction of sp³-hybridized carbons (Fsp3) is 0.316. The predicted molar refractivity (Wildman–Crippen MR) is 92.9 cm³/mol. The third-order valence-electron chi connectivity index (χ3n) is 4.86. The molecular formula is C19H20N4O. The zero-order chi connectivity index (χ0) is 16.5. The highest BCUT2D eigenvalue weighted by atomic mass is 16.2. The summed E-state index contributed by atoms with van der Waals surface area (Å²) < 4.78 is 0. The molecular weight excluding hydrogens is 300 g/mol. The van der Waals surface area contributed by atoms with Crippen LogP contribution in [-0.4, -0.2) is 39.1 Å². The van der Waals surface area contributed by atoms with Crippen molar-refractivity contribution in [2.75, 3.05) is 13.1 Å². The number of aromatic nitrogens is 3. The number of H-pyrrole nitrogens is 1. The molecule has 3 heterocycles. The number of aromatic amines is 1. The molecule has 5 nitrogen and oxygen atoms in total. The maximum Gasteiger partial charge on any atom is 0.254 e. The highest BCUT2D eigenvalue weighted by Gasteiger charge is 2.27. The normalized spacial score (nSPS) is 18.0. The highest BCUT2D eigenvalue weighted by molar-refractivity contribution is 6.06. The summed E-state index contributed by atoms with van der Waals surface area (Å²) in [5.74, 6) is 0.425. The van der Waals surface area contributed by atoms with Gasteiger partial charge in [0.25, 0.3) is 5.91 Å². The summed E-state index contributed by atoms with van der Waals surface area (Å²) >= 11 is 0. The molecule has 3 aromatic rings. The Morgan fingerprint density at radius 3 is 3.04 bits per heavy atom. The van der Waals surface area contributed by atoms with Crippen LogP contribution in [0.4, 0.5) is 0 Å². The van der Waals surface area contributed by atoms with Crippen molar-refractivity contribution in [2.24, 2.45) is 0 Å². The Morgan fingerprint density at radius 2 is 2.21 bits per heavy atom. The second kappa shape index (κ2) is 6.07. The standard InChI is InChI=1S/C19H20N4O/c1-13-11-21-22-18(13)14-5-4-10-23(12-14)19(24)16-6-2-8-17-15(16)7-3-9-20-17/h2-3,6-9,11,14H,4-5,10,12H2,1H3,(H,21,22)/t14-/m0/s1. The fourth-order valence-electron chi connectivity index (χ4n) is 3.63. The molecule has 122 valence electrons. The van der Waals surface area contributed by atoms with E-state index in [9.17, 15) is 4.79 Å². The number of fused-ring (bicyclic) bond motifs is 1. The van der Waals surface area contributed by atoms with Gasteiger partial charge in [0.2, 0.25) is 0 Å². The Morgan fingerprint density at radius 1 is 1.29 bits per heavy atom. The van der Waals surface area contributed by atoms with Crippen molar-refractivity contribution < 1.29 is 4.79 Å². The van der Waals surface area contributed by atoms with Gasteiger partial charge in [-0.2, -0.15) is 5.10 Å². The van der Waals surface area contributed by atoms with Gasteiger partial charge in [-0.15, -0.1) is 0 Å². The van der Waals surface area contributed by atoms with Gasteiger partial charge in [-0.1, -0.05) is 12.1 Å². The Hall–Kier alpha value is -2.69. The van der Waals surface area contributed by atoms with Crippen LogP contribution < -0.4 is 0 Å². The van der Waals surface area contributed by atoms with Gasteiger partial charge in [-0.3, -0.25) is 14.9 Å². The third kappa shape index (κ3) is 2.56. The average Bonchev–Trinajstić information content (AvgIpc) is 3.07. The van der Waals surface area contributed by atoms with E-state index in [2.05, 4.69) is 22.1 Å². The summed E-state index contributed by atoms with van der Waals surface area (Å²) in [5.41, 5.74) is 3.93. The van der Waals surface area contributed by atoms with E-state index in [0.717, 1.165) is 48.1 Å². The third-order valence-corrected chi connectivity index (χ3v) is 4.86. The van der Waals surface area contributed by atoms with Gasteiger partial charge in [0.15, 0.2) is 0 Å². The van der Waals surface area contributed by atoms with Crippen molar-refractivity contribution in [3.8, 4) is 0 Å². The van der Waals surface area contributed by atoms with Crippen LogP contribution in [0.15, 0.2) is 42.7 Å². The van der Waals surface area contributed by atoms with E-state index in [1.807, 2.05) is 41.4 Å². The lowest BCUT2D eigenvalue weighted by Gasteiger charge is -2.33. The molecule has 0 aliphatic carbocycles. The molecule has 1 fully saturated rings. The van der Waals surface area contributed by atoms with Crippen LogP contribution in [0.25, 0.3) is 10.9 Å². The van der Waals surface area contributed by atoms with Crippen molar-refractivity contribution in [3.63, 3.8) is 0 Å². The first-order valence-corrected chi connectivity index (χ1v) is 8.37. The summed E-state index contributed by atoms with van der Waals surface area (Å²) in [5, 5.41) is 8.16. The van der Waals surface area contributed by atoms with Crippen molar-refractivity contribution in [3.05, 3.63) is 59.5 Å². The molecule has 1 aromatic carbocycles. The Labute approximate surface area is 140 Å². The van der Waals surface area contributed by atoms with Crippen LogP contribution in [0, 0.1) is 6.92 Å². The molecule has 4 rings (SSSR count). The molecule has 0 spiro atoms. The quantitative estimate of drug-likeness (QED) is 0.788. The number of hydrogen-bond acceptors (Lipinski definition) is 3. The van der Waals surface area contributed by atoms with Gasteiger partial charge < -0.3 is 4.90 Å². The molecule has 0 bridgehead atoms. The first-order valence-electron chi connectivity index (χ1n) is 8.37. The monoisotopic (exact) mass is 320 g/mol. The topological polar surface area (TPSA) is 61.9 Å². The maximum atomic E-state index is 13.1. The first-order chi connectivity index (χ1) is 11.7. The van der Waals surface area contributed by atoms with Crippen molar-refractivity contribution in [1.82, 2.24) is 20.1 Å². The minimum atomic E-state index is 0.0930. The maximum absolute atomic E-state index is 13.1. The van der Waals surface area contributed by atoms with E-state index < -0.39 is 0 Å². The number of benzene rings is 1. The Balaban J connectivity index is 1.63. The molecule has 5 heteroatoms. The van der Waals surface area contributed by atoms with Crippen molar-refractivity contribution >= 4 is 16.8 Å². The number of piperidine rings is 1. The number of pyridine rings is 1. The molecule has 1 amide bonds. The van der Waals surface area contributed by atoms with Crippen molar-refractivity contribution in [1.29, 1.82) is 0 Å². The van der Waals surface area contributed by atoms with Crippen LogP contribution in [0.2, 0.25) is 0 Å². The van der Waals surface area contributed by atoms with Gasteiger partial charge in [0.05, 0.1) is 11.7 Å². The summed E-state index contributed by atoms with van der Waals surface area (Å²) in [6.45, 7) is 3.60. The largest absolute Gasteiger partial charge is 0.338 e. The minimum Gasteiger partial charge on any atom is -0.338 e. The first kappa shape index (κ1) is 14.9. The lowest BCUT2D eigenvalue weighted by molar-refractivity contribution is 0.0707. The highest BCUT2D eigenvalue weighted by Crippen LogP contribution is 2.29. The fourth-order valence-corrected chi connectivity index (χ4v) is 3.63. The van der Waals surface area contributed by atoms with E-state index in [-0.39, 0.29) is 5.91 Å².